The van der Waals surface area contributed by atoms with Crippen LogP contribution >= 0.6 is 11.6 Å². The second-order valence-electron chi connectivity index (χ2n) is 4.94. The lowest BCUT2D eigenvalue weighted by Crippen LogP contribution is -2.06. The van der Waals surface area contributed by atoms with E-state index in [9.17, 15) is 4.79 Å². The first-order valence-electron chi connectivity index (χ1n) is 7.22. The van der Waals surface area contributed by atoms with E-state index in [2.05, 4.69) is 24.3 Å². The molecule has 0 heterocycles. The molecule has 3 heteroatoms. The molecule has 110 valence electrons. The van der Waals surface area contributed by atoms with Gasteiger partial charge in [-0.3, -0.25) is 0 Å². The normalized spacial score (nSPS) is 10.3. The average Bonchev–Trinajstić information content (AvgIpc) is 2.52. The third-order valence-electron chi connectivity index (χ3n) is 3.27. The quantitative estimate of drug-likeness (QED) is 0.536. The summed E-state index contributed by atoms with van der Waals surface area (Å²) in [4.78, 5) is 11.7. The van der Waals surface area contributed by atoms with Gasteiger partial charge < -0.3 is 4.74 Å². The molecule has 0 saturated carbocycles. The van der Waals surface area contributed by atoms with Crippen LogP contribution in [-0.4, -0.2) is 12.6 Å². The number of rotatable bonds is 7. The SMILES string of the molecule is O=C(OCCCCCc1ccccc1)c1ccc(Cl)cc1. The highest BCUT2D eigenvalue weighted by Gasteiger charge is 2.06. The van der Waals surface area contributed by atoms with Crippen molar-refractivity contribution in [2.24, 2.45) is 0 Å². The lowest BCUT2D eigenvalue weighted by Gasteiger charge is -2.05. The molecule has 21 heavy (non-hydrogen) atoms. The summed E-state index contributed by atoms with van der Waals surface area (Å²) >= 11 is 5.78. The van der Waals surface area contributed by atoms with Crippen molar-refractivity contribution in [1.82, 2.24) is 0 Å². The maximum atomic E-state index is 11.7. The Morgan fingerprint density at radius 1 is 0.905 bits per heavy atom. The summed E-state index contributed by atoms with van der Waals surface area (Å²) in [6, 6.07) is 17.2. The minimum Gasteiger partial charge on any atom is -0.462 e. The molecule has 0 bridgehead atoms. The molecule has 0 N–H and O–H groups in total. The van der Waals surface area contributed by atoms with E-state index in [4.69, 9.17) is 16.3 Å². The number of halogens is 1. The number of esters is 1. The predicted molar refractivity (Wildman–Crippen MR) is 85.7 cm³/mol. The maximum absolute atomic E-state index is 11.7. The Balaban J connectivity index is 1.59. The molecule has 2 aromatic rings. The van der Waals surface area contributed by atoms with Crippen LogP contribution in [0.25, 0.3) is 0 Å². The summed E-state index contributed by atoms with van der Waals surface area (Å²) < 4.78 is 5.24. The van der Waals surface area contributed by atoms with Gasteiger partial charge in [-0.2, -0.15) is 0 Å². The van der Waals surface area contributed by atoms with Gasteiger partial charge in [-0.05, 0) is 55.5 Å². The van der Waals surface area contributed by atoms with Gasteiger partial charge >= 0.3 is 5.97 Å². The molecule has 0 aliphatic rings. The largest absolute Gasteiger partial charge is 0.462 e. The van der Waals surface area contributed by atoms with Gasteiger partial charge in [0.05, 0.1) is 12.2 Å². The first-order valence-corrected chi connectivity index (χ1v) is 7.60. The third-order valence-corrected chi connectivity index (χ3v) is 3.52. The number of aryl methyl sites for hydroxylation is 1. The van der Waals surface area contributed by atoms with E-state index in [1.54, 1.807) is 24.3 Å². The van der Waals surface area contributed by atoms with Crippen molar-refractivity contribution in [2.75, 3.05) is 6.61 Å². The number of hydrogen-bond donors (Lipinski definition) is 0. The Hall–Kier alpha value is -1.80. The van der Waals surface area contributed by atoms with Crippen LogP contribution in [0.3, 0.4) is 0 Å². The molecule has 0 aliphatic heterocycles. The zero-order chi connectivity index (χ0) is 14.9. The zero-order valence-electron chi connectivity index (χ0n) is 11.9. The Kier molecular flexibility index (Phi) is 6.29. The van der Waals surface area contributed by atoms with Gasteiger partial charge in [0.2, 0.25) is 0 Å². The van der Waals surface area contributed by atoms with E-state index in [1.807, 2.05) is 6.07 Å². The first-order chi connectivity index (χ1) is 10.3. The fraction of sp³-hybridized carbons (Fsp3) is 0.278. The fourth-order valence-electron chi connectivity index (χ4n) is 2.09. The minimum atomic E-state index is -0.283. The van der Waals surface area contributed by atoms with E-state index in [0.717, 1.165) is 25.7 Å². The molecule has 0 amide bonds. The summed E-state index contributed by atoms with van der Waals surface area (Å²) in [7, 11) is 0. The summed E-state index contributed by atoms with van der Waals surface area (Å²) in [5, 5.41) is 0.618. The monoisotopic (exact) mass is 302 g/mol. The Labute approximate surface area is 130 Å². The second kappa shape index (κ2) is 8.48. The lowest BCUT2D eigenvalue weighted by molar-refractivity contribution is 0.0498. The smallest absolute Gasteiger partial charge is 0.338 e. The molecule has 0 spiro atoms. The van der Waals surface area contributed by atoms with Gasteiger partial charge in [0.25, 0.3) is 0 Å². The first kappa shape index (κ1) is 15.6. The Bertz CT molecular complexity index is 549. The molecule has 2 rings (SSSR count). The molecule has 0 saturated heterocycles. The van der Waals surface area contributed by atoms with Crippen LogP contribution in [0.4, 0.5) is 0 Å². The number of ether oxygens (including phenoxy) is 1. The van der Waals surface area contributed by atoms with Gasteiger partial charge in [-0.1, -0.05) is 41.9 Å². The van der Waals surface area contributed by atoms with E-state index in [1.165, 1.54) is 5.56 Å². The standard InChI is InChI=1S/C18H19ClO2/c19-17-12-10-16(11-13-17)18(20)21-14-6-2-5-9-15-7-3-1-4-8-15/h1,3-4,7-8,10-13H,2,5-6,9,14H2. The highest BCUT2D eigenvalue weighted by Crippen LogP contribution is 2.11. The van der Waals surface area contributed by atoms with Gasteiger partial charge in [0.15, 0.2) is 0 Å². The van der Waals surface area contributed by atoms with E-state index >= 15 is 0 Å². The summed E-state index contributed by atoms with van der Waals surface area (Å²) in [5.74, 6) is -0.283. The summed E-state index contributed by atoms with van der Waals surface area (Å²) in [6.45, 7) is 0.469. The van der Waals surface area contributed by atoms with E-state index in [-0.39, 0.29) is 5.97 Å². The molecular weight excluding hydrogens is 284 g/mol. The van der Waals surface area contributed by atoms with Crippen LogP contribution in [0.5, 0.6) is 0 Å². The van der Waals surface area contributed by atoms with Gasteiger partial charge in [-0.25, -0.2) is 4.79 Å². The van der Waals surface area contributed by atoms with Crippen molar-refractivity contribution in [1.29, 1.82) is 0 Å². The fourth-order valence-corrected chi connectivity index (χ4v) is 2.21. The van der Waals surface area contributed by atoms with E-state index in [0.29, 0.717) is 17.2 Å². The van der Waals surface area contributed by atoms with Crippen LogP contribution in [-0.2, 0) is 11.2 Å². The van der Waals surface area contributed by atoms with Gasteiger partial charge in [0, 0.05) is 5.02 Å². The summed E-state index contributed by atoms with van der Waals surface area (Å²) in [5.41, 5.74) is 1.90. The van der Waals surface area contributed by atoms with Crippen LogP contribution < -0.4 is 0 Å². The van der Waals surface area contributed by atoms with E-state index < -0.39 is 0 Å². The maximum Gasteiger partial charge on any atom is 0.338 e. The van der Waals surface area contributed by atoms with Crippen LogP contribution in [0.2, 0.25) is 5.02 Å². The topological polar surface area (TPSA) is 26.3 Å². The number of carbonyl (C=O) groups is 1. The van der Waals surface area contributed by atoms with Crippen molar-refractivity contribution in [3.63, 3.8) is 0 Å². The molecule has 0 radical (unpaired) electrons. The number of unbranched alkanes of at least 4 members (excludes halogenated alkanes) is 2. The van der Waals surface area contributed by atoms with Crippen LogP contribution in [0.1, 0.15) is 35.2 Å². The van der Waals surface area contributed by atoms with Crippen molar-refractivity contribution < 1.29 is 9.53 Å². The van der Waals surface area contributed by atoms with Crippen molar-refractivity contribution in [2.45, 2.75) is 25.7 Å². The zero-order valence-corrected chi connectivity index (χ0v) is 12.7. The molecular formula is C18H19ClO2. The van der Waals surface area contributed by atoms with Crippen molar-refractivity contribution in [3.05, 3.63) is 70.7 Å². The highest BCUT2D eigenvalue weighted by atomic mass is 35.5. The lowest BCUT2D eigenvalue weighted by atomic mass is 10.1. The average molecular weight is 303 g/mol. The molecule has 2 nitrogen and oxygen atoms in total. The van der Waals surface area contributed by atoms with Gasteiger partial charge in [-0.15, -0.1) is 0 Å². The molecule has 2 aromatic carbocycles. The van der Waals surface area contributed by atoms with Gasteiger partial charge in [0.1, 0.15) is 0 Å². The second-order valence-corrected chi connectivity index (χ2v) is 5.38. The third kappa shape index (κ3) is 5.60. The molecule has 0 atom stereocenters. The van der Waals surface area contributed by atoms with Crippen molar-refractivity contribution >= 4 is 17.6 Å². The highest BCUT2D eigenvalue weighted by molar-refractivity contribution is 6.30. The molecule has 0 aliphatic carbocycles. The number of hydrogen-bond acceptors (Lipinski definition) is 2. The van der Waals surface area contributed by atoms with Crippen LogP contribution in [0.15, 0.2) is 54.6 Å². The molecule has 0 fully saturated rings. The predicted octanol–water partition coefficient (Wildman–Crippen LogP) is 4.91. The Morgan fingerprint density at radius 3 is 2.33 bits per heavy atom. The molecule has 0 aromatic heterocycles. The number of carbonyl (C=O) groups excluding carboxylic acids is 1. The summed E-state index contributed by atoms with van der Waals surface area (Å²) in [6.07, 6.45) is 4.14. The Morgan fingerprint density at radius 2 is 1.62 bits per heavy atom. The number of benzene rings is 2. The van der Waals surface area contributed by atoms with Crippen LogP contribution in [0, 0.1) is 0 Å². The van der Waals surface area contributed by atoms with Crippen molar-refractivity contribution in [3.8, 4) is 0 Å². The minimum absolute atomic E-state index is 0.283. The molecule has 0 unspecified atom stereocenters.